The van der Waals surface area contributed by atoms with Crippen LogP contribution < -0.4 is 0 Å². The van der Waals surface area contributed by atoms with Gasteiger partial charge in [0.2, 0.25) is 0 Å². The van der Waals surface area contributed by atoms with Gasteiger partial charge >= 0.3 is 0 Å². The van der Waals surface area contributed by atoms with Crippen LogP contribution in [0.15, 0.2) is 6.20 Å². The molecule has 8 nitrogen and oxygen atoms in total. The molecule has 0 bridgehead atoms. The first-order valence-electron chi connectivity index (χ1n) is 6.09. The largest absolute Gasteiger partial charge is 0.394 e. The second-order valence-electron chi connectivity index (χ2n) is 4.71. The summed E-state index contributed by atoms with van der Waals surface area (Å²) in [5.41, 5.74) is 0.553. The van der Waals surface area contributed by atoms with Gasteiger partial charge in [-0.2, -0.15) is 5.10 Å². The van der Waals surface area contributed by atoms with Crippen LogP contribution in [0.2, 0.25) is 0 Å². The van der Waals surface area contributed by atoms with Gasteiger partial charge in [-0.3, -0.25) is 0 Å². The monoisotopic (exact) mass is 298 g/mol. The molecule has 3 heterocycles. The van der Waals surface area contributed by atoms with E-state index in [-0.39, 0.29) is 6.61 Å². The molecule has 108 valence electrons. The number of fused-ring (bicyclic) bond motifs is 1. The highest BCUT2D eigenvalue weighted by atomic mass is 32.1. The number of rotatable bonds is 2. The predicted octanol–water partition coefficient (Wildman–Crippen LogP) is -0.591. The number of aryl methyl sites for hydroxylation is 1. The van der Waals surface area contributed by atoms with Gasteiger partial charge in [-0.15, -0.1) is 0 Å². The molecule has 20 heavy (non-hydrogen) atoms. The Morgan fingerprint density at radius 3 is 2.85 bits per heavy atom. The normalized spacial score (nSPS) is 30.2. The number of nitrogens with zero attached hydrogens (tertiary/aromatic N) is 3. The van der Waals surface area contributed by atoms with Crippen molar-refractivity contribution in [2.45, 2.75) is 31.5 Å². The first-order valence-corrected chi connectivity index (χ1v) is 6.50. The zero-order chi connectivity index (χ0) is 14.4. The average Bonchev–Trinajstić information content (AvgIpc) is 2.93. The van der Waals surface area contributed by atoms with E-state index < -0.39 is 24.5 Å². The van der Waals surface area contributed by atoms with E-state index in [0.29, 0.717) is 21.5 Å². The third-order valence-corrected chi connectivity index (χ3v) is 3.66. The standard InChI is InChI=1S/C11H14N4O4S/c1-4-13-9-5(10(20)14-4)2-12-15(9)11-8(18)7(17)6(3-16)19-11/h2,6-8,11,16-18H,3H2,1H3,(H,13,14,20). The number of aliphatic hydroxyl groups excluding tert-OH is 3. The van der Waals surface area contributed by atoms with Crippen LogP contribution in [0.3, 0.4) is 0 Å². The zero-order valence-corrected chi connectivity index (χ0v) is 11.4. The van der Waals surface area contributed by atoms with Gasteiger partial charge in [-0.1, -0.05) is 12.2 Å². The molecule has 4 atom stereocenters. The summed E-state index contributed by atoms with van der Waals surface area (Å²) in [5, 5.41) is 33.7. The number of ether oxygens (including phenoxy) is 1. The third-order valence-electron chi connectivity index (χ3n) is 3.35. The summed E-state index contributed by atoms with van der Waals surface area (Å²) >= 11 is 5.15. The zero-order valence-electron chi connectivity index (χ0n) is 10.6. The van der Waals surface area contributed by atoms with Gasteiger partial charge in [-0.25, -0.2) is 9.67 Å². The van der Waals surface area contributed by atoms with Crippen LogP contribution in [0.4, 0.5) is 0 Å². The highest BCUT2D eigenvalue weighted by Crippen LogP contribution is 2.30. The Kier molecular flexibility index (Phi) is 3.30. The van der Waals surface area contributed by atoms with Crippen LogP contribution in [0.1, 0.15) is 12.1 Å². The van der Waals surface area contributed by atoms with Crippen LogP contribution >= 0.6 is 12.2 Å². The van der Waals surface area contributed by atoms with Crippen molar-refractivity contribution in [1.29, 1.82) is 0 Å². The molecule has 0 radical (unpaired) electrons. The molecule has 0 aromatic carbocycles. The van der Waals surface area contributed by atoms with E-state index in [0.717, 1.165) is 0 Å². The molecule has 4 unspecified atom stereocenters. The number of hydrogen-bond donors (Lipinski definition) is 4. The van der Waals surface area contributed by atoms with Gasteiger partial charge in [0, 0.05) is 0 Å². The van der Waals surface area contributed by atoms with Crippen molar-refractivity contribution in [3.05, 3.63) is 16.7 Å². The minimum absolute atomic E-state index is 0.384. The van der Waals surface area contributed by atoms with E-state index in [2.05, 4.69) is 15.1 Å². The topological polar surface area (TPSA) is 116 Å². The molecule has 0 aliphatic carbocycles. The van der Waals surface area contributed by atoms with E-state index >= 15 is 0 Å². The molecule has 9 heteroatoms. The maximum atomic E-state index is 10.0. The Labute approximate surface area is 118 Å². The molecule has 2 aromatic rings. The van der Waals surface area contributed by atoms with E-state index in [9.17, 15) is 10.2 Å². The minimum atomic E-state index is -1.19. The average molecular weight is 298 g/mol. The lowest BCUT2D eigenvalue weighted by Crippen LogP contribution is -2.33. The molecule has 0 saturated carbocycles. The van der Waals surface area contributed by atoms with Gasteiger partial charge in [0.05, 0.1) is 18.2 Å². The quantitative estimate of drug-likeness (QED) is 0.547. The van der Waals surface area contributed by atoms with Crippen LogP contribution in [-0.2, 0) is 4.74 Å². The lowest BCUT2D eigenvalue weighted by atomic mass is 10.1. The summed E-state index contributed by atoms with van der Waals surface area (Å²) in [6.07, 6.45) is -2.58. The van der Waals surface area contributed by atoms with E-state index in [1.54, 1.807) is 6.92 Å². The highest BCUT2D eigenvalue weighted by molar-refractivity contribution is 7.71. The van der Waals surface area contributed by atoms with Crippen LogP contribution in [0, 0.1) is 11.6 Å². The lowest BCUT2D eigenvalue weighted by Gasteiger charge is -2.16. The van der Waals surface area contributed by atoms with E-state index in [4.69, 9.17) is 22.1 Å². The number of aromatic nitrogens is 4. The molecular formula is C11H14N4O4S. The fraction of sp³-hybridized carbons (Fsp3) is 0.545. The molecule has 1 aliphatic rings. The molecule has 2 aromatic heterocycles. The Hall–Kier alpha value is -1.39. The fourth-order valence-electron chi connectivity index (χ4n) is 2.33. The van der Waals surface area contributed by atoms with Gasteiger partial charge in [-0.05, 0) is 6.92 Å². The van der Waals surface area contributed by atoms with Gasteiger partial charge in [0.15, 0.2) is 6.23 Å². The van der Waals surface area contributed by atoms with Crippen molar-refractivity contribution in [2.75, 3.05) is 6.61 Å². The SMILES string of the molecule is Cc1nc(=S)c2cnn(C3OC(CO)C(O)C3O)c2[nH]1. The predicted molar refractivity (Wildman–Crippen MR) is 70.5 cm³/mol. The van der Waals surface area contributed by atoms with Crippen molar-refractivity contribution in [3.63, 3.8) is 0 Å². The third kappa shape index (κ3) is 1.95. The van der Waals surface area contributed by atoms with Crippen molar-refractivity contribution < 1.29 is 20.1 Å². The summed E-state index contributed by atoms with van der Waals surface area (Å²) in [6.45, 7) is 1.37. The van der Waals surface area contributed by atoms with Crippen molar-refractivity contribution in [2.24, 2.45) is 0 Å². The van der Waals surface area contributed by atoms with Gasteiger partial charge in [0.1, 0.15) is 34.4 Å². The van der Waals surface area contributed by atoms with Crippen molar-refractivity contribution >= 4 is 23.3 Å². The number of aromatic amines is 1. The summed E-state index contributed by atoms with van der Waals surface area (Å²) in [4.78, 5) is 7.13. The molecule has 0 spiro atoms. The van der Waals surface area contributed by atoms with Crippen molar-refractivity contribution in [3.8, 4) is 0 Å². The molecule has 3 rings (SSSR count). The fourth-order valence-corrected chi connectivity index (χ4v) is 2.62. The molecule has 1 saturated heterocycles. The second kappa shape index (κ2) is 4.86. The Morgan fingerprint density at radius 1 is 1.45 bits per heavy atom. The molecule has 1 fully saturated rings. The minimum Gasteiger partial charge on any atom is -0.394 e. The first-order chi connectivity index (χ1) is 9.52. The lowest BCUT2D eigenvalue weighted by molar-refractivity contribution is -0.0566. The van der Waals surface area contributed by atoms with Crippen LogP contribution in [0.5, 0.6) is 0 Å². The van der Waals surface area contributed by atoms with E-state index in [1.165, 1.54) is 10.9 Å². The Bertz CT molecular complexity index is 699. The second-order valence-corrected chi connectivity index (χ2v) is 5.09. The smallest absolute Gasteiger partial charge is 0.181 e. The van der Waals surface area contributed by atoms with Gasteiger partial charge in [0.25, 0.3) is 0 Å². The van der Waals surface area contributed by atoms with Crippen molar-refractivity contribution in [1.82, 2.24) is 19.7 Å². The number of H-pyrrole nitrogens is 1. The maximum absolute atomic E-state index is 10.0. The van der Waals surface area contributed by atoms with Crippen LogP contribution in [-0.4, -0.2) is 60.0 Å². The summed E-state index contributed by atoms with van der Waals surface area (Å²) in [6, 6.07) is 0. The summed E-state index contributed by atoms with van der Waals surface area (Å²) in [5.74, 6) is 0.607. The summed E-state index contributed by atoms with van der Waals surface area (Å²) < 4.78 is 7.25. The number of aliphatic hydroxyl groups is 3. The van der Waals surface area contributed by atoms with E-state index in [1.807, 2.05) is 0 Å². The molecule has 0 amide bonds. The number of hydrogen-bond acceptors (Lipinski definition) is 7. The maximum Gasteiger partial charge on any atom is 0.181 e. The molecule has 4 N–H and O–H groups in total. The molecular weight excluding hydrogens is 284 g/mol. The Balaban J connectivity index is 2.09. The first kappa shape index (κ1) is 13.6. The molecule has 1 aliphatic heterocycles. The number of nitrogens with one attached hydrogen (secondary N) is 1. The van der Waals surface area contributed by atoms with Crippen LogP contribution in [0.25, 0.3) is 11.0 Å². The summed E-state index contributed by atoms with van der Waals surface area (Å²) in [7, 11) is 0. The highest BCUT2D eigenvalue weighted by Gasteiger charge is 2.44. The van der Waals surface area contributed by atoms with Gasteiger partial charge < -0.3 is 25.0 Å². The Morgan fingerprint density at radius 2 is 2.20 bits per heavy atom.